The molecule has 2 saturated carbocycles. The maximum atomic E-state index is 13.5. The van der Waals surface area contributed by atoms with Gasteiger partial charge in [-0.3, -0.25) is 0 Å². The van der Waals surface area contributed by atoms with Crippen molar-refractivity contribution in [3.05, 3.63) is 35.6 Å². The van der Waals surface area contributed by atoms with Crippen molar-refractivity contribution in [1.82, 2.24) is 5.32 Å². The second-order valence-electron chi connectivity index (χ2n) is 6.24. The summed E-state index contributed by atoms with van der Waals surface area (Å²) in [6, 6.07) is 8.00. The van der Waals surface area contributed by atoms with Gasteiger partial charge in [0, 0.05) is 12.6 Å². The minimum atomic E-state index is -0.0928. The van der Waals surface area contributed by atoms with Crippen molar-refractivity contribution >= 4 is 0 Å². The Labute approximate surface area is 115 Å². The molecule has 0 heterocycles. The number of halogens is 1. The second-order valence-corrected chi connectivity index (χ2v) is 6.24. The third kappa shape index (κ3) is 3.56. The highest BCUT2D eigenvalue weighted by Crippen LogP contribution is 2.36. The molecular formula is C17H24FN. The molecule has 0 spiro atoms. The Bertz CT molecular complexity index is 407. The Balaban J connectivity index is 1.73. The first-order chi connectivity index (χ1) is 9.33. The summed E-state index contributed by atoms with van der Waals surface area (Å²) in [4.78, 5) is 0. The van der Waals surface area contributed by atoms with E-state index in [1.165, 1.54) is 50.5 Å². The third-order valence-corrected chi connectivity index (χ3v) is 4.70. The van der Waals surface area contributed by atoms with E-state index < -0.39 is 0 Å². The molecule has 19 heavy (non-hydrogen) atoms. The van der Waals surface area contributed by atoms with Crippen LogP contribution in [0.2, 0.25) is 0 Å². The molecule has 0 aromatic heterocycles. The molecule has 2 aliphatic rings. The highest BCUT2D eigenvalue weighted by atomic mass is 19.1. The van der Waals surface area contributed by atoms with Crippen LogP contribution in [0.25, 0.3) is 0 Å². The Hall–Kier alpha value is -0.890. The van der Waals surface area contributed by atoms with Crippen molar-refractivity contribution < 1.29 is 4.39 Å². The Kier molecular flexibility index (Phi) is 4.17. The molecule has 1 aromatic carbocycles. The minimum Gasteiger partial charge on any atom is -0.313 e. The molecule has 1 nitrogen and oxygen atoms in total. The van der Waals surface area contributed by atoms with Crippen molar-refractivity contribution in [3.63, 3.8) is 0 Å². The van der Waals surface area contributed by atoms with Crippen LogP contribution in [0, 0.1) is 11.7 Å². The van der Waals surface area contributed by atoms with E-state index in [2.05, 4.69) is 11.4 Å². The first kappa shape index (κ1) is 13.1. The molecule has 1 N–H and O–H groups in total. The molecule has 1 atom stereocenters. The Morgan fingerprint density at radius 2 is 1.89 bits per heavy atom. The first-order valence-corrected chi connectivity index (χ1v) is 7.82. The van der Waals surface area contributed by atoms with E-state index in [0.29, 0.717) is 5.92 Å². The number of nitrogens with one attached hydrogen (secondary N) is 1. The van der Waals surface area contributed by atoms with Crippen molar-refractivity contribution in [2.24, 2.45) is 5.92 Å². The predicted octanol–water partition coefficient (Wildman–Crippen LogP) is 4.24. The molecule has 2 heteroatoms. The molecule has 2 fully saturated rings. The van der Waals surface area contributed by atoms with Gasteiger partial charge in [-0.2, -0.15) is 0 Å². The fourth-order valence-corrected chi connectivity index (χ4v) is 3.41. The van der Waals surface area contributed by atoms with E-state index in [4.69, 9.17) is 0 Å². The van der Waals surface area contributed by atoms with Gasteiger partial charge >= 0.3 is 0 Å². The van der Waals surface area contributed by atoms with Gasteiger partial charge in [-0.1, -0.05) is 31.4 Å². The molecule has 2 aliphatic carbocycles. The van der Waals surface area contributed by atoms with Crippen LogP contribution in [-0.2, 0) is 0 Å². The van der Waals surface area contributed by atoms with Crippen LogP contribution in [0.3, 0.4) is 0 Å². The highest BCUT2D eigenvalue weighted by molar-refractivity contribution is 5.22. The van der Waals surface area contributed by atoms with E-state index >= 15 is 0 Å². The van der Waals surface area contributed by atoms with E-state index in [9.17, 15) is 4.39 Å². The van der Waals surface area contributed by atoms with Crippen LogP contribution in [-0.4, -0.2) is 12.6 Å². The smallest absolute Gasteiger partial charge is 0.123 e. The third-order valence-electron chi connectivity index (χ3n) is 4.70. The van der Waals surface area contributed by atoms with Crippen molar-refractivity contribution in [2.75, 3.05) is 6.54 Å². The summed E-state index contributed by atoms with van der Waals surface area (Å²) >= 11 is 0. The van der Waals surface area contributed by atoms with Gasteiger partial charge < -0.3 is 5.32 Å². The maximum Gasteiger partial charge on any atom is 0.123 e. The van der Waals surface area contributed by atoms with Crippen LogP contribution in [0.1, 0.15) is 56.4 Å². The zero-order chi connectivity index (χ0) is 13.1. The summed E-state index contributed by atoms with van der Waals surface area (Å²) in [5.74, 6) is 1.14. The summed E-state index contributed by atoms with van der Waals surface area (Å²) in [7, 11) is 0. The number of hydrogen-bond donors (Lipinski definition) is 1. The molecule has 0 amide bonds. The average Bonchev–Trinajstić information content (AvgIpc) is 3.25. The molecular weight excluding hydrogens is 237 g/mol. The van der Waals surface area contributed by atoms with Gasteiger partial charge in [0.05, 0.1) is 0 Å². The van der Waals surface area contributed by atoms with E-state index in [-0.39, 0.29) is 5.82 Å². The van der Waals surface area contributed by atoms with Gasteiger partial charge in [-0.15, -0.1) is 0 Å². The highest BCUT2D eigenvalue weighted by Gasteiger charge is 2.28. The fourth-order valence-electron chi connectivity index (χ4n) is 3.41. The van der Waals surface area contributed by atoms with Crippen LogP contribution >= 0.6 is 0 Å². The molecule has 3 rings (SSSR count). The standard InChI is InChI=1S/C17H24FN/c18-15-8-4-7-14(11-15)17(12-19-16-9-10-16)13-5-2-1-3-6-13/h4,7-8,11,13,16-17,19H,1-3,5-6,9-10,12H2. The lowest BCUT2D eigenvalue weighted by Gasteiger charge is -2.31. The topological polar surface area (TPSA) is 12.0 Å². The van der Waals surface area contributed by atoms with Crippen LogP contribution in [0.4, 0.5) is 4.39 Å². The molecule has 1 aromatic rings. The number of rotatable bonds is 5. The van der Waals surface area contributed by atoms with Crippen molar-refractivity contribution in [3.8, 4) is 0 Å². The fraction of sp³-hybridized carbons (Fsp3) is 0.647. The quantitative estimate of drug-likeness (QED) is 0.836. The largest absolute Gasteiger partial charge is 0.313 e. The predicted molar refractivity (Wildman–Crippen MR) is 76.7 cm³/mol. The van der Waals surface area contributed by atoms with E-state index in [1.807, 2.05) is 6.07 Å². The lowest BCUT2D eigenvalue weighted by Crippen LogP contribution is -2.29. The summed E-state index contributed by atoms with van der Waals surface area (Å²) in [6.07, 6.45) is 9.34. The van der Waals surface area contributed by atoms with Crippen molar-refractivity contribution in [1.29, 1.82) is 0 Å². The SMILES string of the molecule is Fc1cccc(C(CNC2CC2)C2CCCCC2)c1. The average molecular weight is 261 g/mol. The van der Waals surface area contributed by atoms with Gasteiger partial charge in [0.1, 0.15) is 5.82 Å². The van der Waals surface area contributed by atoms with Crippen molar-refractivity contribution in [2.45, 2.75) is 56.9 Å². The van der Waals surface area contributed by atoms with Gasteiger partial charge in [-0.05, 0) is 55.2 Å². The van der Waals surface area contributed by atoms with Crippen LogP contribution < -0.4 is 5.32 Å². The lowest BCUT2D eigenvalue weighted by molar-refractivity contribution is 0.296. The van der Waals surface area contributed by atoms with Gasteiger partial charge in [0.25, 0.3) is 0 Å². The van der Waals surface area contributed by atoms with E-state index in [0.717, 1.165) is 18.5 Å². The van der Waals surface area contributed by atoms with E-state index in [1.54, 1.807) is 12.1 Å². The summed E-state index contributed by atoms with van der Waals surface area (Å²) < 4.78 is 13.5. The first-order valence-electron chi connectivity index (χ1n) is 7.82. The van der Waals surface area contributed by atoms with Crippen LogP contribution in [0.5, 0.6) is 0 Å². The maximum absolute atomic E-state index is 13.5. The normalized spacial score (nSPS) is 22.4. The zero-order valence-corrected chi connectivity index (χ0v) is 11.6. The van der Waals surface area contributed by atoms with Gasteiger partial charge in [0.15, 0.2) is 0 Å². The molecule has 0 bridgehead atoms. The summed E-state index contributed by atoms with van der Waals surface area (Å²) in [6.45, 7) is 1.03. The zero-order valence-electron chi connectivity index (χ0n) is 11.6. The summed E-state index contributed by atoms with van der Waals surface area (Å²) in [5, 5.41) is 3.65. The Morgan fingerprint density at radius 1 is 1.11 bits per heavy atom. The monoisotopic (exact) mass is 261 g/mol. The number of benzene rings is 1. The lowest BCUT2D eigenvalue weighted by atomic mass is 9.76. The summed E-state index contributed by atoms with van der Waals surface area (Å²) in [5.41, 5.74) is 1.19. The molecule has 1 unspecified atom stereocenters. The van der Waals surface area contributed by atoms with Gasteiger partial charge in [-0.25, -0.2) is 4.39 Å². The van der Waals surface area contributed by atoms with Crippen LogP contribution in [0.15, 0.2) is 24.3 Å². The second kappa shape index (κ2) is 6.04. The molecule has 0 aliphatic heterocycles. The molecule has 0 saturated heterocycles. The number of hydrogen-bond acceptors (Lipinski definition) is 1. The van der Waals surface area contributed by atoms with Gasteiger partial charge in [0.2, 0.25) is 0 Å². The Morgan fingerprint density at radius 3 is 2.58 bits per heavy atom. The molecule has 0 radical (unpaired) electrons. The molecule has 104 valence electrons. The minimum absolute atomic E-state index is 0.0928.